The van der Waals surface area contributed by atoms with Crippen LogP contribution in [0.2, 0.25) is 0 Å². The Kier molecular flexibility index (Phi) is 6.10. The molecule has 2 aromatic carbocycles. The van der Waals surface area contributed by atoms with Crippen LogP contribution in [0.4, 0.5) is 0 Å². The maximum atomic E-state index is 12.2. The number of aliphatic hydroxyl groups excluding tert-OH is 1. The molecule has 0 spiro atoms. The van der Waals surface area contributed by atoms with Crippen LogP contribution in [0, 0.1) is 0 Å². The van der Waals surface area contributed by atoms with Gasteiger partial charge >= 0.3 is 0 Å². The van der Waals surface area contributed by atoms with Crippen molar-refractivity contribution in [3.05, 3.63) is 74.8 Å². The van der Waals surface area contributed by atoms with Gasteiger partial charge in [0.25, 0.3) is 0 Å². The minimum atomic E-state index is -0.678. The second-order valence-electron chi connectivity index (χ2n) is 11.1. The van der Waals surface area contributed by atoms with E-state index in [2.05, 4.69) is 0 Å². The maximum Gasteiger partial charge on any atom is 0.234 e. The highest BCUT2D eigenvalue weighted by Gasteiger charge is 2.36. The average molecular weight is 535 g/mol. The van der Waals surface area contributed by atoms with Crippen molar-refractivity contribution in [1.82, 2.24) is 0 Å². The number of fused-ring (bicyclic) bond motifs is 6. The number of hydrogen-bond acceptors (Lipinski definition) is 7. The normalized spacial score (nSPS) is 20.2. The molecule has 0 aromatic heterocycles. The Morgan fingerprint density at radius 1 is 0.711 bits per heavy atom. The number of Topliss-reactive ketones (excluding diaryl/α,β-unsaturated/α-hetero) is 2. The van der Waals surface area contributed by atoms with Crippen LogP contribution in [0.1, 0.15) is 88.3 Å². The molecule has 0 saturated carbocycles. The molecular formula is C30H27ClO7. The first-order valence-corrected chi connectivity index (χ1v) is 12.8. The maximum absolute atomic E-state index is 12.2. The van der Waals surface area contributed by atoms with Crippen molar-refractivity contribution in [2.75, 3.05) is 0 Å². The predicted octanol–water partition coefficient (Wildman–Crippen LogP) is 5.75. The Balaban J connectivity index is 0.000000155. The molecular weight excluding hydrogens is 508 g/mol. The monoisotopic (exact) mass is 534 g/mol. The first kappa shape index (κ1) is 25.9. The summed E-state index contributed by atoms with van der Waals surface area (Å²) >= 11 is 5.84. The van der Waals surface area contributed by atoms with Gasteiger partial charge in [-0.1, -0.05) is 11.6 Å². The summed E-state index contributed by atoms with van der Waals surface area (Å²) in [5.41, 5.74) is 2.59. The summed E-state index contributed by atoms with van der Waals surface area (Å²) in [4.78, 5) is 47.7. The molecule has 0 bridgehead atoms. The zero-order valence-corrected chi connectivity index (χ0v) is 22.3. The van der Waals surface area contributed by atoms with E-state index in [-0.39, 0.29) is 33.6 Å². The van der Waals surface area contributed by atoms with Crippen LogP contribution in [0.5, 0.6) is 11.5 Å². The molecule has 0 saturated heterocycles. The van der Waals surface area contributed by atoms with Gasteiger partial charge < -0.3 is 14.6 Å². The van der Waals surface area contributed by atoms with Gasteiger partial charge in [-0.3, -0.25) is 19.2 Å². The van der Waals surface area contributed by atoms with Crippen molar-refractivity contribution in [2.24, 2.45) is 0 Å². The highest BCUT2D eigenvalue weighted by Crippen LogP contribution is 2.40. The fourth-order valence-electron chi connectivity index (χ4n) is 5.20. The molecule has 2 aromatic rings. The molecule has 8 heteroatoms. The molecule has 4 aliphatic rings. The van der Waals surface area contributed by atoms with Crippen molar-refractivity contribution < 1.29 is 33.8 Å². The SMILES string of the molecule is CC1(C)CCc2c(ccc3c2C(=O)C(=O)C=C3O)O1.CC1(C)CCc2c(ccc3c2C(=O)C(Cl)=CC3=O)O1. The predicted molar refractivity (Wildman–Crippen MR) is 141 cm³/mol. The second-order valence-corrected chi connectivity index (χ2v) is 11.5. The molecule has 0 unspecified atom stereocenters. The fraction of sp³-hybridized carbons (Fsp3) is 0.333. The highest BCUT2D eigenvalue weighted by atomic mass is 35.5. The van der Waals surface area contributed by atoms with Crippen LogP contribution in [0.25, 0.3) is 5.76 Å². The number of allylic oxidation sites excluding steroid dienone is 3. The van der Waals surface area contributed by atoms with Crippen LogP contribution < -0.4 is 9.47 Å². The number of ketones is 4. The zero-order valence-electron chi connectivity index (χ0n) is 21.6. The topological polar surface area (TPSA) is 107 Å². The molecule has 0 atom stereocenters. The molecule has 7 nitrogen and oxygen atoms in total. The van der Waals surface area contributed by atoms with Crippen LogP contribution in [0.15, 0.2) is 41.4 Å². The lowest BCUT2D eigenvalue weighted by Crippen LogP contribution is -2.34. The van der Waals surface area contributed by atoms with Crippen molar-refractivity contribution in [2.45, 2.75) is 64.6 Å². The number of halogens is 1. The van der Waals surface area contributed by atoms with Crippen molar-refractivity contribution in [1.29, 1.82) is 0 Å². The van der Waals surface area contributed by atoms with E-state index in [0.717, 1.165) is 30.0 Å². The van der Waals surface area contributed by atoms with Gasteiger partial charge in [0.05, 0.1) is 5.03 Å². The third kappa shape index (κ3) is 4.45. The molecule has 0 fully saturated rings. The summed E-state index contributed by atoms with van der Waals surface area (Å²) in [7, 11) is 0. The smallest absolute Gasteiger partial charge is 0.234 e. The van der Waals surface area contributed by atoms with Gasteiger partial charge in [-0.25, -0.2) is 0 Å². The summed E-state index contributed by atoms with van der Waals surface area (Å²) < 4.78 is 11.7. The highest BCUT2D eigenvalue weighted by molar-refractivity contribution is 6.51. The number of ether oxygens (including phenoxy) is 2. The minimum Gasteiger partial charge on any atom is -0.507 e. The molecule has 2 heterocycles. The summed E-state index contributed by atoms with van der Waals surface area (Å²) in [6.07, 6.45) is 5.12. The van der Waals surface area contributed by atoms with Crippen LogP contribution in [-0.2, 0) is 17.6 Å². The van der Waals surface area contributed by atoms with Crippen LogP contribution in [0.3, 0.4) is 0 Å². The van der Waals surface area contributed by atoms with Gasteiger partial charge in [0.2, 0.25) is 17.3 Å². The average Bonchev–Trinajstić information content (AvgIpc) is 2.84. The standard InChI is InChI=1S/C15H13ClO3.C15H14O4/c1-15(2)6-5-9-12(19-15)4-3-8-11(17)7-10(16)14(18)13(8)9;1-15(2)6-5-9-12(19-15)4-3-8-10(16)7-11(17)14(18)13(8)9/h3-4,7H,5-6H2,1-2H3;3-4,7,16H,5-6H2,1-2H3. The van der Waals surface area contributed by atoms with E-state index in [0.29, 0.717) is 46.6 Å². The first-order chi connectivity index (χ1) is 17.8. The van der Waals surface area contributed by atoms with Gasteiger partial charge in [-0.05, 0) is 77.6 Å². The summed E-state index contributed by atoms with van der Waals surface area (Å²) in [6, 6.07) is 6.80. The third-order valence-electron chi connectivity index (χ3n) is 7.23. The van der Waals surface area contributed by atoms with Crippen LogP contribution >= 0.6 is 11.6 Å². The molecule has 0 amide bonds. The molecule has 2 aliphatic heterocycles. The Bertz CT molecular complexity index is 1510. The largest absolute Gasteiger partial charge is 0.507 e. The quantitative estimate of drug-likeness (QED) is 0.429. The number of carbonyl (C=O) groups excluding carboxylic acids is 4. The zero-order chi connectivity index (χ0) is 27.6. The van der Waals surface area contributed by atoms with E-state index >= 15 is 0 Å². The van der Waals surface area contributed by atoms with E-state index in [4.69, 9.17) is 21.1 Å². The van der Waals surface area contributed by atoms with Gasteiger partial charge in [0, 0.05) is 45.5 Å². The Morgan fingerprint density at radius 2 is 1.21 bits per heavy atom. The Morgan fingerprint density at radius 3 is 1.76 bits per heavy atom. The van der Waals surface area contributed by atoms with Crippen LogP contribution in [-0.4, -0.2) is 39.4 Å². The van der Waals surface area contributed by atoms with E-state index in [1.165, 1.54) is 6.08 Å². The van der Waals surface area contributed by atoms with E-state index in [9.17, 15) is 24.3 Å². The van der Waals surface area contributed by atoms with Gasteiger partial charge in [0.1, 0.15) is 28.5 Å². The van der Waals surface area contributed by atoms with E-state index < -0.39 is 11.6 Å². The molecule has 0 radical (unpaired) electrons. The molecule has 38 heavy (non-hydrogen) atoms. The number of aliphatic hydroxyl groups is 1. The van der Waals surface area contributed by atoms with E-state index in [1.807, 2.05) is 27.7 Å². The van der Waals surface area contributed by atoms with Gasteiger partial charge in [-0.2, -0.15) is 0 Å². The summed E-state index contributed by atoms with van der Waals surface area (Å²) in [5.74, 6) is -0.569. The molecule has 1 N–H and O–H groups in total. The third-order valence-corrected chi connectivity index (χ3v) is 7.51. The van der Waals surface area contributed by atoms with E-state index in [1.54, 1.807) is 24.3 Å². The van der Waals surface area contributed by atoms with Crippen molar-refractivity contribution in [3.8, 4) is 11.5 Å². The fourth-order valence-corrected chi connectivity index (χ4v) is 5.39. The summed E-state index contributed by atoms with van der Waals surface area (Å²) in [5, 5.41) is 9.78. The van der Waals surface area contributed by atoms with Gasteiger partial charge in [0.15, 0.2) is 5.78 Å². The summed E-state index contributed by atoms with van der Waals surface area (Å²) in [6.45, 7) is 7.99. The number of benzene rings is 2. The number of carbonyl (C=O) groups is 4. The number of rotatable bonds is 0. The number of hydrogen-bond donors (Lipinski definition) is 1. The van der Waals surface area contributed by atoms with Crippen molar-refractivity contribution >= 4 is 40.5 Å². The Labute approximate surface area is 225 Å². The lowest BCUT2D eigenvalue weighted by Gasteiger charge is -2.34. The second kappa shape index (κ2) is 8.95. The lowest BCUT2D eigenvalue weighted by atomic mass is 9.84. The minimum absolute atomic E-state index is 0.0178. The van der Waals surface area contributed by atoms with Crippen molar-refractivity contribution in [3.63, 3.8) is 0 Å². The molecule has 196 valence electrons. The first-order valence-electron chi connectivity index (χ1n) is 12.4. The lowest BCUT2D eigenvalue weighted by molar-refractivity contribution is -0.111. The van der Waals surface area contributed by atoms with Gasteiger partial charge in [-0.15, -0.1) is 0 Å². The molecule has 6 rings (SSSR count). The Hall–Kier alpha value is -3.71. The molecule has 2 aliphatic carbocycles.